The number of rotatable bonds is 5. The van der Waals surface area contributed by atoms with Gasteiger partial charge in [-0.05, 0) is 37.3 Å². The monoisotopic (exact) mass is 362 g/mol. The molecule has 0 saturated carbocycles. The number of aryl methyl sites for hydroxylation is 1. The minimum absolute atomic E-state index is 0.235. The highest BCUT2D eigenvalue weighted by Gasteiger charge is 2.22. The van der Waals surface area contributed by atoms with Crippen molar-refractivity contribution < 1.29 is 8.42 Å². The first-order chi connectivity index (χ1) is 11.9. The summed E-state index contributed by atoms with van der Waals surface area (Å²) < 4.78 is 29.5. The predicted octanol–water partition coefficient (Wildman–Crippen LogP) is 2.44. The summed E-state index contributed by atoms with van der Waals surface area (Å²) in [5, 5.41) is 4.03. The third-order valence-corrected chi connectivity index (χ3v) is 6.43. The van der Waals surface area contributed by atoms with Crippen LogP contribution in [0.1, 0.15) is 31.0 Å². The first-order valence-electron chi connectivity index (χ1n) is 8.69. The third-order valence-electron chi connectivity index (χ3n) is 4.92. The zero-order valence-electron chi connectivity index (χ0n) is 15.1. The molecule has 1 N–H and O–H groups in total. The lowest BCUT2D eigenvalue weighted by atomic mass is 9.99. The Kier molecular flexibility index (Phi) is 5.15. The van der Waals surface area contributed by atoms with Crippen LogP contribution < -0.4 is 9.62 Å². The number of anilines is 1. The quantitative estimate of drug-likeness (QED) is 0.887. The van der Waals surface area contributed by atoms with Crippen molar-refractivity contribution in [2.24, 2.45) is 13.0 Å². The Morgan fingerprint density at radius 2 is 2.08 bits per heavy atom. The van der Waals surface area contributed by atoms with E-state index in [1.54, 1.807) is 18.7 Å². The van der Waals surface area contributed by atoms with E-state index in [1.165, 1.54) is 19.0 Å². The van der Waals surface area contributed by atoms with Crippen LogP contribution >= 0.6 is 0 Å². The van der Waals surface area contributed by atoms with Crippen molar-refractivity contribution in [1.82, 2.24) is 14.5 Å². The zero-order valence-corrected chi connectivity index (χ0v) is 15.9. The van der Waals surface area contributed by atoms with Crippen LogP contribution in [0.2, 0.25) is 0 Å². The molecule has 1 aliphatic rings. The number of nitrogens with one attached hydrogen (secondary N) is 1. The van der Waals surface area contributed by atoms with Crippen molar-refractivity contribution in [1.29, 1.82) is 0 Å². The molecule has 0 spiro atoms. The Balaban J connectivity index is 1.78. The molecule has 1 saturated heterocycles. The number of sulfonamides is 1. The van der Waals surface area contributed by atoms with Crippen molar-refractivity contribution in [3.63, 3.8) is 0 Å². The Morgan fingerprint density at radius 1 is 1.32 bits per heavy atom. The lowest BCUT2D eigenvalue weighted by molar-refractivity contribution is 0.446. The number of nitrogens with zero attached hydrogens (tertiary/aromatic N) is 3. The van der Waals surface area contributed by atoms with Gasteiger partial charge >= 0.3 is 0 Å². The van der Waals surface area contributed by atoms with Crippen molar-refractivity contribution in [3.8, 4) is 0 Å². The molecule has 2 aromatic rings. The van der Waals surface area contributed by atoms with E-state index < -0.39 is 10.0 Å². The molecule has 7 heteroatoms. The van der Waals surface area contributed by atoms with E-state index in [0.717, 1.165) is 24.3 Å². The fraction of sp³-hybridized carbons (Fsp3) is 0.500. The Labute approximate surface area is 149 Å². The van der Waals surface area contributed by atoms with Crippen LogP contribution in [0.3, 0.4) is 0 Å². The van der Waals surface area contributed by atoms with Gasteiger partial charge in [0.15, 0.2) is 0 Å². The van der Waals surface area contributed by atoms with E-state index in [4.69, 9.17) is 0 Å². The van der Waals surface area contributed by atoms with E-state index in [0.29, 0.717) is 11.6 Å². The van der Waals surface area contributed by atoms with Crippen LogP contribution in [0.5, 0.6) is 0 Å². The van der Waals surface area contributed by atoms with Crippen LogP contribution in [-0.4, -0.2) is 31.3 Å². The van der Waals surface area contributed by atoms with Crippen molar-refractivity contribution in [3.05, 3.63) is 41.7 Å². The minimum atomic E-state index is -3.58. The van der Waals surface area contributed by atoms with Gasteiger partial charge in [0.05, 0.1) is 11.9 Å². The molecule has 0 bridgehead atoms. The summed E-state index contributed by atoms with van der Waals surface area (Å²) in [6.45, 7) is 6.34. The standard InChI is InChI=1S/C18H26N4O2S/c1-14-7-6-10-22(13-14)17-9-5-4-8-16(17)11-20-25(23,24)18-12-19-21(3)15(18)2/h4-5,8-9,12,14,20H,6-7,10-11,13H2,1-3H3/t14-/m0/s1. The van der Waals surface area contributed by atoms with Gasteiger partial charge in [-0.3, -0.25) is 4.68 Å². The lowest BCUT2D eigenvalue weighted by Crippen LogP contribution is -2.35. The van der Waals surface area contributed by atoms with E-state index in [1.807, 2.05) is 18.2 Å². The predicted molar refractivity (Wildman–Crippen MR) is 99.0 cm³/mol. The van der Waals surface area contributed by atoms with Gasteiger partial charge < -0.3 is 4.90 Å². The molecule has 1 aromatic heterocycles. The maximum atomic E-state index is 12.6. The molecule has 1 aliphatic heterocycles. The van der Waals surface area contributed by atoms with E-state index in [9.17, 15) is 8.42 Å². The molecule has 0 amide bonds. The molecule has 1 fully saturated rings. The van der Waals surface area contributed by atoms with Crippen LogP contribution in [0.25, 0.3) is 0 Å². The molecular formula is C18H26N4O2S. The zero-order chi connectivity index (χ0) is 18.0. The number of benzene rings is 1. The average molecular weight is 362 g/mol. The molecule has 3 rings (SSSR count). The van der Waals surface area contributed by atoms with Crippen molar-refractivity contribution in [2.45, 2.75) is 38.1 Å². The van der Waals surface area contributed by atoms with Gasteiger partial charge in [-0.25, -0.2) is 13.1 Å². The molecule has 0 aliphatic carbocycles. The number of hydrogen-bond acceptors (Lipinski definition) is 4. The van der Waals surface area contributed by atoms with Gasteiger partial charge in [-0.15, -0.1) is 0 Å². The lowest BCUT2D eigenvalue weighted by Gasteiger charge is -2.34. The van der Waals surface area contributed by atoms with Crippen LogP contribution in [0, 0.1) is 12.8 Å². The second-order valence-corrected chi connectivity index (χ2v) is 8.60. The number of para-hydroxylation sites is 1. The maximum Gasteiger partial charge on any atom is 0.244 e. The fourth-order valence-electron chi connectivity index (χ4n) is 3.37. The largest absolute Gasteiger partial charge is 0.371 e. The SMILES string of the molecule is Cc1c(S(=O)(=O)NCc2ccccc2N2CCC[C@H](C)C2)cnn1C. The Bertz CT molecular complexity index is 845. The van der Waals surface area contributed by atoms with Gasteiger partial charge in [0, 0.05) is 32.4 Å². The first-order valence-corrected chi connectivity index (χ1v) is 10.2. The highest BCUT2D eigenvalue weighted by Crippen LogP contribution is 2.26. The third kappa shape index (κ3) is 3.88. The smallest absolute Gasteiger partial charge is 0.244 e. The minimum Gasteiger partial charge on any atom is -0.371 e. The first kappa shape index (κ1) is 17.9. The summed E-state index contributed by atoms with van der Waals surface area (Å²) in [6, 6.07) is 8.04. The molecule has 0 radical (unpaired) electrons. The molecule has 25 heavy (non-hydrogen) atoms. The fourth-order valence-corrected chi connectivity index (χ4v) is 4.58. The summed E-state index contributed by atoms with van der Waals surface area (Å²) in [5.74, 6) is 0.663. The maximum absolute atomic E-state index is 12.6. The van der Waals surface area contributed by atoms with Gasteiger partial charge in [0.1, 0.15) is 4.90 Å². The second kappa shape index (κ2) is 7.17. The van der Waals surface area contributed by atoms with Crippen LogP contribution in [-0.2, 0) is 23.6 Å². The van der Waals surface area contributed by atoms with Gasteiger partial charge in [0.2, 0.25) is 10.0 Å². The van der Waals surface area contributed by atoms with E-state index in [-0.39, 0.29) is 11.4 Å². The molecule has 1 aromatic carbocycles. The molecular weight excluding hydrogens is 336 g/mol. The van der Waals surface area contributed by atoms with Crippen molar-refractivity contribution in [2.75, 3.05) is 18.0 Å². The molecule has 0 unspecified atom stereocenters. The number of hydrogen-bond donors (Lipinski definition) is 1. The highest BCUT2D eigenvalue weighted by atomic mass is 32.2. The topological polar surface area (TPSA) is 67.2 Å². The Hall–Kier alpha value is -1.86. The summed E-state index contributed by atoms with van der Waals surface area (Å²) in [6.07, 6.45) is 3.83. The number of aromatic nitrogens is 2. The molecule has 6 nitrogen and oxygen atoms in total. The van der Waals surface area contributed by atoms with Gasteiger partial charge in [-0.1, -0.05) is 25.1 Å². The second-order valence-electron chi connectivity index (χ2n) is 6.86. The normalized spacial score (nSPS) is 18.5. The Morgan fingerprint density at radius 3 is 2.76 bits per heavy atom. The molecule has 2 heterocycles. The summed E-state index contributed by atoms with van der Waals surface area (Å²) in [7, 11) is -1.84. The molecule has 136 valence electrons. The van der Waals surface area contributed by atoms with Gasteiger partial charge in [0.25, 0.3) is 0 Å². The molecule has 1 atom stereocenters. The average Bonchev–Trinajstić information content (AvgIpc) is 2.93. The number of piperidine rings is 1. The van der Waals surface area contributed by atoms with Crippen LogP contribution in [0.4, 0.5) is 5.69 Å². The van der Waals surface area contributed by atoms with E-state index >= 15 is 0 Å². The summed E-state index contributed by atoms with van der Waals surface area (Å²) in [4.78, 5) is 2.60. The van der Waals surface area contributed by atoms with Crippen molar-refractivity contribution >= 4 is 15.7 Å². The highest BCUT2D eigenvalue weighted by molar-refractivity contribution is 7.89. The van der Waals surface area contributed by atoms with E-state index in [2.05, 4.69) is 27.7 Å². The summed E-state index contributed by atoms with van der Waals surface area (Å²) >= 11 is 0. The van der Waals surface area contributed by atoms with Crippen LogP contribution in [0.15, 0.2) is 35.4 Å². The van der Waals surface area contributed by atoms with Gasteiger partial charge in [-0.2, -0.15) is 5.10 Å². The summed E-state index contributed by atoms with van der Waals surface area (Å²) in [5.41, 5.74) is 2.76.